The summed E-state index contributed by atoms with van der Waals surface area (Å²) in [5.74, 6) is 0.883. The Hall–Kier alpha value is -1.17. The van der Waals surface area contributed by atoms with E-state index in [4.69, 9.17) is 23.8 Å². The van der Waals surface area contributed by atoms with Crippen LogP contribution >= 0.6 is 23.8 Å². The molecule has 112 valence electrons. The SMILES string of the molecule is S=c1[nH]nc(-c2ccc(Cl)cc2)n1CCN1CCCCC1. The first-order valence-corrected chi connectivity index (χ1v) is 8.16. The van der Waals surface area contributed by atoms with Crippen molar-refractivity contribution < 1.29 is 0 Å². The normalized spacial score (nSPS) is 16.2. The maximum Gasteiger partial charge on any atom is 0.195 e. The number of hydrogen-bond donors (Lipinski definition) is 1. The number of halogens is 1. The van der Waals surface area contributed by atoms with Crippen molar-refractivity contribution >= 4 is 23.8 Å². The molecule has 0 amide bonds. The summed E-state index contributed by atoms with van der Waals surface area (Å²) in [6.07, 6.45) is 3.97. The van der Waals surface area contributed by atoms with E-state index in [9.17, 15) is 0 Å². The Labute approximate surface area is 134 Å². The second-order valence-electron chi connectivity index (χ2n) is 5.41. The van der Waals surface area contributed by atoms with Gasteiger partial charge in [0.05, 0.1) is 0 Å². The van der Waals surface area contributed by atoms with Crippen LogP contribution in [0.4, 0.5) is 0 Å². The second kappa shape index (κ2) is 6.73. The zero-order chi connectivity index (χ0) is 14.7. The number of likely N-dealkylation sites (tertiary alicyclic amines) is 1. The van der Waals surface area contributed by atoms with Crippen LogP contribution in [-0.4, -0.2) is 39.3 Å². The molecule has 1 N–H and O–H groups in total. The van der Waals surface area contributed by atoms with Gasteiger partial charge in [-0.05, 0) is 62.4 Å². The van der Waals surface area contributed by atoms with Gasteiger partial charge in [0, 0.05) is 23.7 Å². The number of nitrogens with zero attached hydrogens (tertiary/aromatic N) is 3. The van der Waals surface area contributed by atoms with Crippen molar-refractivity contribution in [3.05, 3.63) is 34.1 Å². The fourth-order valence-corrected chi connectivity index (χ4v) is 3.12. The molecule has 1 aliphatic heterocycles. The van der Waals surface area contributed by atoms with Gasteiger partial charge in [0.15, 0.2) is 10.6 Å². The van der Waals surface area contributed by atoms with Gasteiger partial charge in [0.25, 0.3) is 0 Å². The van der Waals surface area contributed by atoms with Crippen LogP contribution in [0.25, 0.3) is 11.4 Å². The lowest BCUT2D eigenvalue weighted by molar-refractivity contribution is 0.221. The number of aromatic amines is 1. The van der Waals surface area contributed by atoms with Crippen LogP contribution < -0.4 is 0 Å². The number of aromatic nitrogens is 3. The molecule has 6 heteroatoms. The highest BCUT2D eigenvalue weighted by Crippen LogP contribution is 2.20. The molecule has 1 aromatic carbocycles. The molecule has 0 saturated carbocycles. The van der Waals surface area contributed by atoms with Crippen molar-refractivity contribution in [3.8, 4) is 11.4 Å². The fraction of sp³-hybridized carbons (Fsp3) is 0.467. The monoisotopic (exact) mass is 322 g/mol. The Bertz CT molecular complexity index is 640. The van der Waals surface area contributed by atoms with Gasteiger partial charge in [0.1, 0.15) is 0 Å². The summed E-state index contributed by atoms with van der Waals surface area (Å²) >= 11 is 11.3. The predicted octanol–water partition coefficient (Wildman–Crippen LogP) is 3.75. The van der Waals surface area contributed by atoms with Crippen molar-refractivity contribution in [2.24, 2.45) is 0 Å². The van der Waals surface area contributed by atoms with Crippen LogP contribution in [0.1, 0.15) is 19.3 Å². The zero-order valence-electron chi connectivity index (χ0n) is 11.9. The van der Waals surface area contributed by atoms with Crippen LogP contribution in [0.15, 0.2) is 24.3 Å². The predicted molar refractivity (Wildman–Crippen MR) is 88.1 cm³/mol. The largest absolute Gasteiger partial charge is 0.302 e. The molecule has 1 fully saturated rings. The maximum absolute atomic E-state index is 5.94. The number of H-pyrrole nitrogens is 1. The van der Waals surface area contributed by atoms with Gasteiger partial charge >= 0.3 is 0 Å². The van der Waals surface area contributed by atoms with Crippen LogP contribution in [0, 0.1) is 4.77 Å². The fourth-order valence-electron chi connectivity index (χ4n) is 2.77. The molecule has 2 aromatic rings. The molecule has 1 saturated heterocycles. The van der Waals surface area contributed by atoms with E-state index in [0.29, 0.717) is 4.77 Å². The highest BCUT2D eigenvalue weighted by molar-refractivity contribution is 7.71. The van der Waals surface area contributed by atoms with E-state index in [1.807, 2.05) is 24.3 Å². The summed E-state index contributed by atoms with van der Waals surface area (Å²) in [6, 6.07) is 7.71. The Kier molecular flexibility index (Phi) is 4.73. The average Bonchev–Trinajstić information content (AvgIpc) is 2.88. The van der Waals surface area contributed by atoms with Gasteiger partial charge in [0.2, 0.25) is 0 Å². The van der Waals surface area contributed by atoms with Gasteiger partial charge < -0.3 is 4.90 Å². The molecule has 0 unspecified atom stereocenters. The van der Waals surface area contributed by atoms with E-state index in [0.717, 1.165) is 29.5 Å². The Balaban J connectivity index is 1.77. The molecule has 1 aromatic heterocycles. The topological polar surface area (TPSA) is 36.9 Å². The van der Waals surface area contributed by atoms with Crippen molar-refractivity contribution in [3.63, 3.8) is 0 Å². The van der Waals surface area contributed by atoms with E-state index < -0.39 is 0 Å². The summed E-state index contributed by atoms with van der Waals surface area (Å²) in [7, 11) is 0. The smallest absolute Gasteiger partial charge is 0.195 e. The average molecular weight is 323 g/mol. The number of nitrogens with one attached hydrogen (secondary N) is 1. The Morgan fingerprint density at radius 1 is 1.10 bits per heavy atom. The Morgan fingerprint density at radius 3 is 2.52 bits per heavy atom. The molecule has 0 atom stereocenters. The molecule has 4 nitrogen and oxygen atoms in total. The molecular formula is C15H19ClN4S. The van der Waals surface area contributed by atoms with Gasteiger partial charge in [-0.2, -0.15) is 5.10 Å². The molecule has 0 bridgehead atoms. The van der Waals surface area contributed by atoms with Crippen LogP contribution in [0.5, 0.6) is 0 Å². The third-order valence-electron chi connectivity index (χ3n) is 3.95. The first-order chi connectivity index (χ1) is 10.2. The minimum atomic E-state index is 0.678. The summed E-state index contributed by atoms with van der Waals surface area (Å²) in [5.41, 5.74) is 1.03. The summed E-state index contributed by atoms with van der Waals surface area (Å²) < 4.78 is 2.75. The Morgan fingerprint density at radius 2 is 1.81 bits per heavy atom. The lowest BCUT2D eigenvalue weighted by Gasteiger charge is -2.26. The quantitative estimate of drug-likeness (QED) is 0.871. The number of benzene rings is 1. The van der Waals surface area contributed by atoms with Gasteiger partial charge in [-0.3, -0.25) is 9.67 Å². The van der Waals surface area contributed by atoms with Crippen LogP contribution in [0.3, 0.4) is 0 Å². The van der Waals surface area contributed by atoms with Crippen molar-refractivity contribution in [1.29, 1.82) is 0 Å². The second-order valence-corrected chi connectivity index (χ2v) is 6.24. The summed E-state index contributed by atoms with van der Waals surface area (Å²) in [4.78, 5) is 2.50. The summed E-state index contributed by atoms with van der Waals surface area (Å²) in [5, 5.41) is 8.00. The van der Waals surface area contributed by atoms with Gasteiger partial charge in [-0.15, -0.1) is 0 Å². The molecule has 1 aliphatic rings. The molecule has 3 rings (SSSR count). The van der Waals surface area contributed by atoms with Gasteiger partial charge in [-0.25, -0.2) is 0 Å². The highest BCUT2D eigenvalue weighted by Gasteiger charge is 2.13. The highest BCUT2D eigenvalue weighted by atomic mass is 35.5. The first kappa shape index (κ1) is 14.8. The number of piperidine rings is 1. The lowest BCUT2D eigenvalue weighted by atomic mass is 10.1. The molecule has 0 radical (unpaired) electrons. The molecular weight excluding hydrogens is 304 g/mol. The third kappa shape index (κ3) is 3.54. The van der Waals surface area contributed by atoms with Crippen LogP contribution in [0.2, 0.25) is 5.02 Å². The van der Waals surface area contributed by atoms with E-state index in [-0.39, 0.29) is 0 Å². The minimum Gasteiger partial charge on any atom is -0.302 e. The van der Waals surface area contributed by atoms with Gasteiger partial charge in [-0.1, -0.05) is 18.0 Å². The lowest BCUT2D eigenvalue weighted by Crippen LogP contribution is -2.32. The van der Waals surface area contributed by atoms with E-state index in [1.165, 1.54) is 32.4 Å². The maximum atomic E-state index is 5.94. The van der Waals surface area contributed by atoms with Crippen molar-refractivity contribution in [2.45, 2.75) is 25.8 Å². The van der Waals surface area contributed by atoms with Crippen LogP contribution in [-0.2, 0) is 6.54 Å². The standard InChI is InChI=1S/C15H19ClN4S/c16-13-6-4-12(5-7-13)14-17-18-15(21)20(14)11-10-19-8-2-1-3-9-19/h4-7H,1-3,8-11H2,(H,18,21). The molecule has 2 heterocycles. The minimum absolute atomic E-state index is 0.678. The zero-order valence-corrected chi connectivity index (χ0v) is 13.5. The number of hydrogen-bond acceptors (Lipinski definition) is 3. The number of rotatable bonds is 4. The van der Waals surface area contributed by atoms with Crippen molar-refractivity contribution in [1.82, 2.24) is 19.7 Å². The molecule has 21 heavy (non-hydrogen) atoms. The third-order valence-corrected chi connectivity index (χ3v) is 4.51. The first-order valence-electron chi connectivity index (χ1n) is 7.37. The summed E-state index contributed by atoms with van der Waals surface area (Å²) in [6.45, 7) is 4.28. The van der Waals surface area contributed by atoms with Crippen molar-refractivity contribution in [2.75, 3.05) is 19.6 Å². The van der Waals surface area contributed by atoms with E-state index in [2.05, 4.69) is 19.7 Å². The van der Waals surface area contributed by atoms with E-state index in [1.54, 1.807) is 0 Å². The molecule has 0 aliphatic carbocycles. The van der Waals surface area contributed by atoms with E-state index >= 15 is 0 Å². The molecule has 0 spiro atoms.